The number of halogens is 1. The smallest absolute Gasteiger partial charge is 0.215 e. The molecule has 1 unspecified atom stereocenters. The molecular formula is C26H26FN3O2S2. The van der Waals surface area contributed by atoms with Crippen LogP contribution in [0.15, 0.2) is 83.9 Å². The number of fused-ring (bicyclic) bond motifs is 1. The van der Waals surface area contributed by atoms with Gasteiger partial charge in [-0.25, -0.2) is 22.2 Å². The van der Waals surface area contributed by atoms with E-state index in [0.717, 1.165) is 39.9 Å². The van der Waals surface area contributed by atoms with E-state index in [1.54, 1.807) is 34.8 Å². The number of thioether (sulfide) groups is 1. The number of nitrogens with one attached hydrogen (secondary N) is 1. The van der Waals surface area contributed by atoms with Crippen LogP contribution in [0.3, 0.4) is 0 Å². The van der Waals surface area contributed by atoms with Gasteiger partial charge in [0.05, 0.1) is 27.9 Å². The Balaban J connectivity index is 1.47. The van der Waals surface area contributed by atoms with Crippen molar-refractivity contribution in [2.45, 2.75) is 47.6 Å². The summed E-state index contributed by atoms with van der Waals surface area (Å²) in [5.74, 6) is -0.286. The Morgan fingerprint density at radius 3 is 2.44 bits per heavy atom. The lowest BCUT2D eigenvalue weighted by molar-refractivity contribution is 0.442. The molecule has 8 heteroatoms. The summed E-state index contributed by atoms with van der Waals surface area (Å²) < 4.78 is 43.6. The standard InChI is InChI=1S/C26H26FN3O2S2/c1-26(2,29-34(31,32)23-13-14-23)25(18-6-4-3-5-7-18)33-22-12-15-24-19(16-22)17-28-30(24)21-10-8-20(27)9-11-21/h3-12,15-17,23,25,29H,13-14H2,1-2H3. The molecule has 34 heavy (non-hydrogen) atoms. The van der Waals surface area contributed by atoms with Gasteiger partial charge < -0.3 is 0 Å². The Morgan fingerprint density at radius 1 is 1.06 bits per heavy atom. The number of rotatable bonds is 8. The molecule has 0 saturated heterocycles. The van der Waals surface area contributed by atoms with Gasteiger partial charge in [0.2, 0.25) is 10.0 Å². The first-order valence-corrected chi connectivity index (χ1v) is 13.6. The molecule has 1 aliphatic carbocycles. The van der Waals surface area contributed by atoms with E-state index in [0.29, 0.717) is 0 Å². The van der Waals surface area contributed by atoms with Crippen LogP contribution in [-0.4, -0.2) is 29.0 Å². The molecule has 0 radical (unpaired) electrons. The van der Waals surface area contributed by atoms with Gasteiger partial charge in [-0.15, -0.1) is 11.8 Å². The second-order valence-corrected chi connectivity index (χ2v) is 12.4. The molecule has 3 aromatic carbocycles. The molecular weight excluding hydrogens is 469 g/mol. The van der Waals surface area contributed by atoms with E-state index < -0.39 is 15.6 Å². The zero-order valence-corrected chi connectivity index (χ0v) is 20.6. The average Bonchev–Trinajstić information content (AvgIpc) is 3.59. The fourth-order valence-electron chi connectivity index (χ4n) is 4.15. The molecule has 0 spiro atoms. The molecule has 1 aliphatic rings. The van der Waals surface area contributed by atoms with Crippen molar-refractivity contribution >= 4 is 32.7 Å². The molecule has 4 aromatic rings. The second kappa shape index (κ2) is 8.83. The number of sulfonamides is 1. The SMILES string of the molecule is CC(C)(NS(=O)(=O)C1CC1)C(Sc1ccc2c(cnn2-c2ccc(F)cc2)c1)c1ccccc1. The highest BCUT2D eigenvalue weighted by Gasteiger charge is 2.42. The number of hydrogen-bond donors (Lipinski definition) is 1. The molecule has 5 rings (SSSR count). The average molecular weight is 496 g/mol. The molecule has 1 aromatic heterocycles. The summed E-state index contributed by atoms with van der Waals surface area (Å²) in [6, 6.07) is 22.3. The summed E-state index contributed by atoms with van der Waals surface area (Å²) in [5.41, 5.74) is 2.05. The highest BCUT2D eigenvalue weighted by Crippen LogP contribution is 2.44. The van der Waals surface area contributed by atoms with Gasteiger partial charge in [-0.1, -0.05) is 30.3 Å². The van der Waals surface area contributed by atoms with Crippen molar-refractivity contribution in [2.75, 3.05) is 0 Å². The van der Waals surface area contributed by atoms with Crippen molar-refractivity contribution in [1.82, 2.24) is 14.5 Å². The zero-order valence-electron chi connectivity index (χ0n) is 19.0. The van der Waals surface area contributed by atoms with Crippen molar-refractivity contribution < 1.29 is 12.8 Å². The summed E-state index contributed by atoms with van der Waals surface area (Å²) >= 11 is 1.63. The number of nitrogens with zero attached hydrogens (tertiary/aromatic N) is 2. The van der Waals surface area contributed by atoms with Gasteiger partial charge in [0, 0.05) is 15.8 Å². The first-order valence-electron chi connectivity index (χ1n) is 11.2. The third-order valence-electron chi connectivity index (χ3n) is 5.99. The maximum Gasteiger partial charge on any atom is 0.215 e. The van der Waals surface area contributed by atoms with Crippen LogP contribution in [0.4, 0.5) is 4.39 Å². The van der Waals surface area contributed by atoms with Crippen LogP contribution in [0.2, 0.25) is 0 Å². The Morgan fingerprint density at radius 2 is 1.76 bits per heavy atom. The summed E-state index contributed by atoms with van der Waals surface area (Å²) in [7, 11) is -3.36. The van der Waals surface area contributed by atoms with Crippen LogP contribution < -0.4 is 4.72 Å². The fraction of sp³-hybridized carbons (Fsp3) is 0.269. The fourth-order valence-corrected chi connectivity index (χ4v) is 7.26. The molecule has 0 amide bonds. The molecule has 1 atom stereocenters. The lowest BCUT2D eigenvalue weighted by Gasteiger charge is -2.35. The van der Waals surface area contributed by atoms with Gasteiger partial charge in [-0.05, 0) is 74.7 Å². The number of hydrogen-bond acceptors (Lipinski definition) is 4. The molecule has 0 aliphatic heterocycles. The molecule has 1 saturated carbocycles. The van der Waals surface area contributed by atoms with E-state index in [-0.39, 0.29) is 16.3 Å². The minimum Gasteiger partial charge on any atom is -0.233 e. The monoisotopic (exact) mass is 495 g/mol. The molecule has 1 fully saturated rings. The quantitative estimate of drug-likeness (QED) is 0.311. The van der Waals surface area contributed by atoms with Crippen molar-refractivity contribution in [1.29, 1.82) is 0 Å². The highest BCUT2D eigenvalue weighted by molar-refractivity contribution is 7.99. The van der Waals surface area contributed by atoms with Crippen LogP contribution in [-0.2, 0) is 10.0 Å². The molecule has 1 N–H and O–H groups in total. The molecule has 0 bridgehead atoms. The topological polar surface area (TPSA) is 64.0 Å². The summed E-state index contributed by atoms with van der Waals surface area (Å²) in [5, 5.41) is 5.02. The maximum absolute atomic E-state index is 13.3. The van der Waals surface area contributed by atoms with E-state index in [1.807, 2.05) is 56.3 Å². The first kappa shape index (κ1) is 23.1. The largest absolute Gasteiger partial charge is 0.233 e. The van der Waals surface area contributed by atoms with Gasteiger partial charge in [-0.2, -0.15) is 5.10 Å². The van der Waals surface area contributed by atoms with Crippen molar-refractivity contribution in [2.24, 2.45) is 0 Å². The molecule has 5 nitrogen and oxygen atoms in total. The van der Waals surface area contributed by atoms with E-state index in [9.17, 15) is 12.8 Å². The van der Waals surface area contributed by atoms with E-state index in [1.165, 1.54) is 12.1 Å². The van der Waals surface area contributed by atoms with E-state index >= 15 is 0 Å². The lowest BCUT2D eigenvalue weighted by Crippen LogP contribution is -2.48. The summed E-state index contributed by atoms with van der Waals surface area (Å²) in [6.07, 6.45) is 3.24. The van der Waals surface area contributed by atoms with Gasteiger partial charge in [0.1, 0.15) is 5.82 Å². The van der Waals surface area contributed by atoms with Crippen molar-refractivity contribution in [3.05, 3.63) is 90.4 Å². The minimum atomic E-state index is -3.36. The summed E-state index contributed by atoms with van der Waals surface area (Å²) in [4.78, 5) is 1.01. The van der Waals surface area contributed by atoms with Crippen LogP contribution in [0.5, 0.6) is 0 Å². The first-order chi connectivity index (χ1) is 16.2. The van der Waals surface area contributed by atoms with Crippen molar-refractivity contribution in [3.63, 3.8) is 0 Å². The Kier molecular flexibility index (Phi) is 6.00. The predicted molar refractivity (Wildman–Crippen MR) is 135 cm³/mol. The minimum absolute atomic E-state index is 0.146. The van der Waals surface area contributed by atoms with E-state index in [2.05, 4.69) is 15.9 Å². The second-order valence-electron chi connectivity index (χ2n) is 9.23. The normalized spacial score (nSPS) is 15.5. The van der Waals surface area contributed by atoms with Crippen LogP contribution in [0.25, 0.3) is 16.6 Å². The van der Waals surface area contributed by atoms with E-state index in [4.69, 9.17) is 0 Å². The molecule has 1 heterocycles. The van der Waals surface area contributed by atoms with Crippen LogP contribution in [0.1, 0.15) is 37.5 Å². The highest BCUT2D eigenvalue weighted by atomic mass is 32.2. The maximum atomic E-state index is 13.3. The summed E-state index contributed by atoms with van der Waals surface area (Å²) in [6.45, 7) is 3.89. The molecule has 176 valence electrons. The van der Waals surface area contributed by atoms with Crippen LogP contribution in [0, 0.1) is 5.82 Å². The van der Waals surface area contributed by atoms with Gasteiger partial charge in [0.25, 0.3) is 0 Å². The Labute approximate surface area is 203 Å². The van der Waals surface area contributed by atoms with Crippen LogP contribution >= 0.6 is 11.8 Å². The third-order valence-corrected chi connectivity index (χ3v) is 9.77. The predicted octanol–water partition coefficient (Wildman–Crippen LogP) is 5.86. The zero-order chi connectivity index (χ0) is 23.9. The Bertz CT molecular complexity index is 1410. The Hall–Kier alpha value is -2.68. The van der Waals surface area contributed by atoms with Gasteiger partial charge in [0.15, 0.2) is 0 Å². The third kappa shape index (κ3) is 4.76. The van der Waals surface area contributed by atoms with Gasteiger partial charge >= 0.3 is 0 Å². The van der Waals surface area contributed by atoms with Gasteiger partial charge in [-0.3, -0.25) is 0 Å². The van der Waals surface area contributed by atoms with Crippen molar-refractivity contribution in [3.8, 4) is 5.69 Å². The lowest BCUT2D eigenvalue weighted by atomic mass is 9.95. The number of benzene rings is 3. The number of aromatic nitrogens is 2.